The van der Waals surface area contributed by atoms with Gasteiger partial charge in [-0.15, -0.1) is 0 Å². The molecule has 3 aromatic rings. The number of nitrogens with zero attached hydrogens (tertiary/aromatic N) is 3. The average Bonchev–Trinajstić information content (AvgIpc) is 3.25. The number of hydrogen-bond donors (Lipinski definition) is 1. The highest BCUT2D eigenvalue weighted by atomic mass is 16.2. The van der Waals surface area contributed by atoms with Gasteiger partial charge >= 0.3 is 0 Å². The smallest absolute Gasteiger partial charge is 0.290 e. The van der Waals surface area contributed by atoms with Gasteiger partial charge in [-0.05, 0) is 31.0 Å². The second kappa shape index (κ2) is 7.68. The Balaban J connectivity index is 1.63. The third-order valence-corrected chi connectivity index (χ3v) is 5.06. The molecule has 142 valence electrons. The lowest BCUT2D eigenvalue weighted by Gasteiger charge is -2.40. The minimum absolute atomic E-state index is 0.0326. The van der Waals surface area contributed by atoms with Crippen molar-refractivity contribution in [2.24, 2.45) is 0 Å². The molecule has 0 saturated carbocycles. The van der Waals surface area contributed by atoms with Crippen molar-refractivity contribution >= 4 is 17.5 Å². The number of piperazine rings is 1. The Labute approximate surface area is 163 Å². The quantitative estimate of drug-likeness (QED) is 0.763. The molecule has 2 amide bonds. The highest BCUT2D eigenvalue weighted by molar-refractivity contribution is 6.00. The van der Waals surface area contributed by atoms with Crippen molar-refractivity contribution in [3.05, 3.63) is 83.9 Å². The highest BCUT2D eigenvalue weighted by Gasteiger charge is 2.36. The molecule has 0 spiro atoms. The second-order valence-corrected chi connectivity index (χ2v) is 7.05. The lowest BCUT2D eigenvalue weighted by Crippen LogP contribution is -2.59. The summed E-state index contributed by atoms with van der Waals surface area (Å²) in [5.74, 6) is -0.0782. The van der Waals surface area contributed by atoms with Gasteiger partial charge in [-0.1, -0.05) is 48.0 Å². The minimum Gasteiger partial charge on any atom is -0.341 e. The number of carbonyl (C=O) groups excluding carboxylic acids is 2. The first-order valence-electron chi connectivity index (χ1n) is 9.33. The van der Waals surface area contributed by atoms with E-state index in [4.69, 9.17) is 0 Å². The monoisotopic (exact) mass is 374 g/mol. The topological polar surface area (TPSA) is 69.3 Å². The molecule has 0 aliphatic carbocycles. The van der Waals surface area contributed by atoms with Gasteiger partial charge in [-0.25, -0.2) is 4.98 Å². The molecule has 1 aliphatic rings. The standard InChI is InChI=1S/C22H22N4O2/c1-16-7-9-18(10-8-16)25-14-19(13-17-5-3-2-4-6-17)26(15-20(25)27)22(28)21-23-11-12-24-21/h2-12,19H,13-15H2,1H3,(H,23,24)/t19-/m0/s1. The molecule has 1 fully saturated rings. The van der Waals surface area contributed by atoms with E-state index >= 15 is 0 Å². The van der Waals surface area contributed by atoms with Crippen LogP contribution < -0.4 is 4.90 Å². The number of amides is 2. The third-order valence-electron chi connectivity index (χ3n) is 5.06. The Bertz CT molecular complexity index is 952. The van der Waals surface area contributed by atoms with E-state index in [0.717, 1.165) is 16.8 Å². The Hall–Kier alpha value is -3.41. The van der Waals surface area contributed by atoms with Crippen LogP contribution in [-0.4, -0.2) is 45.8 Å². The van der Waals surface area contributed by atoms with E-state index in [1.807, 2.05) is 61.5 Å². The molecule has 2 aromatic carbocycles. The van der Waals surface area contributed by atoms with E-state index < -0.39 is 0 Å². The van der Waals surface area contributed by atoms with Crippen molar-refractivity contribution in [3.63, 3.8) is 0 Å². The molecule has 0 bridgehead atoms. The Morgan fingerprint density at radius 1 is 1.14 bits per heavy atom. The summed E-state index contributed by atoms with van der Waals surface area (Å²) in [7, 11) is 0. The number of aromatic nitrogens is 2. The summed E-state index contributed by atoms with van der Waals surface area (Å²) in [6, 6.07) is 17.8. The highest BCUT2D eigenvalue weighted by Crippen LogP contribution is 2.23. The lowest BCUT2D eigenvalue weighted by molar-refractivity contribution is -0.121. The van der Waals surface area contributed by atoms with Gasteiger partial charge in [-0.2, -0.15) is 0 Å². The number of imidazole rings is 1. The van der Waals surface area contributed by atoms with Crippen LogP contribution >= 0.6 is 0 Å². The summed E-state index contributed by atoms with van der Waals surface area (Å²) in [6.07, 6.45) is 3.83. The molecule has 2 heterocycles. The predicted molar refractivity (Wildman–Crippen MR) is 107 cm³/mol. The predicted octanol–water partition coefficient (Wildman–Crippen LogP) is 2.82. The van der Waals surface area contributed by atoms with Crippen LogP contribution in [0.25, 0.3) is 0 Å². The number of aryl methyl sites for hydroxylation is 1. The van der Waals surface area contributed by atoms with Crippen LogP contribution in [0.2, 0.25) is 0 Å². The second-order valence-electron chi connectivity index (χ2n) is 7.05. The van der Waals surface area contributed by atoms with E-state index in [0.29, 0.717) is 13.0 Å². The number of anilines is 1. The summed E-state index contributed by atoms with van der Waals surface area (Å²) < 4.78 is 0. The molecule has 1 atom stereocenters. The van der Waals surface area contributed by atoms with Crippen molar-refractivity contribution in [3.8, 4) is 0 Å². The molecule has 1 aliphatic heterocycles. The average molecular weight is 374 g/mol. The maximum absolute atomic E-state index is 13.0. The summed E-state index contributed by atoms with van der Waals surface area (Å²) >= 11 is 0. The van der Waals surface area contributed by atoms with E-state index in [-0.39, 0.29) is 30.2 Å². The molecule has 0 radical (unpaired) electrons. The van der Waals surface area contributed by atoms with Gasteiger partial charge in [-0.3, -0.25) is 9.59 Å². The summed E-state index contributed by atoms with van der Waals surface area (Å²) in [5.41, 5.74) is 3.13. The van der Waals surface area contributed by atoms with Gasteiger partial charge < -0.3 is 14.8 Å². The fourth-order valence-electron chi connectivity index (χ4n) is 3.56. The largest absolute Gasteiger partial charge is 0.341 e. The van der Waals surface area contributed by atoms with Gasteiger partial charge in [0.05, 0.1) is 6.04 Å². The van der Waals surface area contributed by atoms with Crippen LogP contribution in [0.5, 0.6) is 0 Å². The summed E-state index contributed by atoms with van der Waals surface area (Å²) in [5, 5.41) is 0. The van der Waals surface area contributed by atoms with Gasteiger partial charge in [0, 0.05) is 24.6 Å². The summed E-state index contributed by atoms with van der Waals surface area (Å²) in [4.78, 5) is 36.2. The van der Waals surface area contributed by atoms with Gasteiger partial charge in [0.25, 0.3) is 5.91 Å². The minimum atomic E-state index is -0.247. The lowest BCUT2D eigenvalue weighted by atomic mass is 10.0. The van der Waals surface area contributed by atoms with Gasteiger partial charge in [0.1, 0.15) is 6.54 Å². The fraction of sp³-hybridized carbons (Fsp3) is 0.227. The zero-order chi connectivity index (χ0) is 19.5. The molecule has 1 saturated heterocycles. The van der Waals surface area contributed by atoms with Crippen molar-refractivity contribution in [1.82, 2.24) is 14.9 Å². The van der Waals surface area contributed by atoms with E-state index in [2.05, 4.69) is 9.97 Å². The number of rotatable bonds is 4. The van der Waals surface area contributed by atoms with Crippen molar-refractivity contribution in [2.75, 3.05) is 18.0 Å². The first-order chi connectivity index (χ1) is 13.6. The maximum Gasteiger partial charge on any atom is 0.290 e. The van der Waals surface area contributed by atoms with Crippen LogP contribution in [0.15, 0.2) is 67.0 Å². The van der Waals surface area contributed by atoms with Gasteiger partial charge in [0.15, 0.2) is 5.82 Å². The molecule has 4 rings (SSSR count). The Morgan fingerprint density at radius 2 is 1.89 bits per heavy atom. The molecule has 6 nitrogen and oxygen atoms in total. The normalized spacial score (nSPS) is 17.0. The van der Waals surface area contributed by atoms with E-state index in [9.17, 15) is 9.59 Å². The third kappa shape index (κ3) is 3.67. The first-order valence-corrected chi connectivity index (χ1v) is 9.33. The number of carbonyl (C=O) groups is 2. The van der Waals surface area contributed by atoms with Crippen LogP contribution in [0.1, 0.15) is 21.7 Å². The van der Waals surface area contributed by atoms with Crippen LogP contribution in [0.4, 0.5) is 5.69 Å². The number of aromatic amines is 1. The fourth-order valence-corrected chi connectivity index (χ4v) is 3.56. The molecular formula is C22H22N4O2. The number of nitrogens with one attached hydrogen (secondary N) is 1. The van der Waals surface area contributed by atoms with Crippen molar-refractivity contribution in [2.45, 2.75) is 19.4 Å². The van der Waals surface area contributed by atoms with Crippen LogP contribution in [-0.2, 0) is 11.2 Å². The number of benzene rings is 2. The van der Waals surface area contributed by atoms with Gasteiger partial charge in [0.2, 0.25) is 5.91 Å². The van der Waals surface area contributed by atoms with Crippen molar-refractivity contribution < 1.29 is 9.59 Å². The zero-order valence-electron chi connectivity index (χ0n) is 15.7. The first kappa shape index (κ1) is 18.0. The molecule has 28 heavy (non-hydrogen) atoms. The van der Waals surface area contributed by atoms with E-state index in [1.54, 1.807) is 22.2 Å². The molecule has 1 aromatic heterocycles. The maximum atomic E-state index is 13.0. The van der Waals surface area contributed by atoms with Crippen LogP contribution in [0, 0.1) is 6.92 Å². The Kier molecular flexibility index (Phi) is 4.93. The van der Waals surface area contributed by atoms with Crippen LogP contribution in [0.3, 0.4) is 0 Å². The summed E-state index contributed by atoms with van der Waals surface area (Å²) in [6.45, 7) is 2.50. The zero-order valence-corrected chi connectivity index (χ0v) is 15.7. The SMILES string of the molecule is Cc1ccc(N2C[C@H](Cc3ccccc3)N(C(=O)c3ncc[nH]3)CC2=O)cc1. The molecule has 1 N–H and O–H groups in total. The molecule has 0 unspecified atom stereocenters. The van der Waals surface area contributed by atoms with Crippen molar-refractivity contribution in [1.29, 1.82) is 0 Å². The molecule has 6 heteroatoms. The molecular weight excluding hydrogens is 352 g/mol. The number of hydrogen-bond acceptors (Lipinski definition) is 3. The number of H-pyrrole nitrogens is 1. The van der Waals surface area contributed by atoms with E-state index in [1.165, 1.54) is 0 Å². The Morgan fingerprint density at radius 3 is 2.57 bits per heavy atom.